The SMILES string of the molecule is CC(Nc1nc(N)nc(-c2ccccc2Cl)n1)C1CC1. The fourth-order valence-electron chi connectivity index (χ4n) is 2.14. The van der Waals surface area contributed by atoms with E-state index < -0.39 is 0 Å². The standard InChI is InChI=1S/C14H16ClN5/c1-8(9-6-7-9)17-14-19-12(18-13(16)20-14)10-4-2-3-5-11(10)15/h2-5,8-9H,6-7H2,1H3,(H3,16,17,18,19,20). The summed E-state index contributed by atoms with van der Waals surface area (Å²) in [5.74, 6) is 1.90. The summed E-state index contributed by atoms with van der Waals surface area (Å²) in [7, 11) is 0. The number of benzene rings is 1. The molecular formula is C14H16ClN5. The van der Waals surface area contributed by atoms with E-state index in [1.54, 1.807) is 6.07 Å². The molecule has 1 aliphatic carbocycles. The lowest BCUT2D eigenvalue weighted by Gasteiger charge is -2.13. The molecule has 1 aliphatic rings. The van der Waals surface area contributed by atoms with Crippen molar-refractivity contribution in [3.63, 3.8) is 0 Å². The normalized spacial score (nSPS) is 15.9. The van der Waals surface area contributed by atoms with E-state index >= 15 is 0 Å². The minimum Gasteiger partial charge on any atom is -0.368 e. The van der Waals surface area contributed by atoms with Gasteiger partial charge >= 0.3 is 0 Å². The van der Waals surface area contributed by atoms with Crippen LogP contribution in [-0.4, -0.2) is 21.0 Å². The molecule has 3 rings (SSSR count). The number of nitrogen functional groups attached to an aromatic ring is 1. The highest BCUT2D eigenvalue weighted by Crippen LogP contribution is 2.33. The number of anilines is 2. The monoisotopic (exact) mass is 289 g/mol. The Bertz CT molecular complexity index is 627. The van der Waals surface area contributed by atoms with E-state index in [1.807, 2.05) is 18.2 Å². The minimum atomic E-state index is 0.195. The third-order valence-corrected chi connectivity index (χ3v) is 3.78. The Morgan fingerprint density at radius 3 is 2.70 bits per heavy atom. The van der Waals surface area contributed by atoms with Gasteiger partial charge in [-0.2, -0.15) is 15.0 Å². The quantitative estimate of drug-likeness (QED) is 0.905. The number of hydrogen-bond acceptors (Lipinski definition) is 5. The van der Waals surface area contributed by atoms with Gasteiger partial charge < -0.3 is 11.1 Å². The Kier molecular flexibility index (Phi) is 3.44. The lowest BCUT2D eigenvalue weighted by atomic mass is 10.2. The van der Waals surface area contributed by atoms with Gasteiger partial charge in [-0.1, -0.05) is 23.7 Å². The van der Waals surface area contributed by atoms with Crippen LogP contribution in [-0.2, 0) is 0 Å². The van der Waals surface area contributed by atoms with E-state index in [-0.39, 0.29) is 5.95 Å². The molecule has 2 aromatic rings. The third kappa shape index (κ3) is 2.82. The summed E-state index contributed by atoms with van der Waals surface area (Å²) in [6.07, 6.45) is 2.51. The second-order valence-electron chi connectivity index (χ2n) is 5.09. The second-order valence-corrected chi connectivity index (χ2v) is 5.50. The summed E-state index contributed by atoms with van der Waals surface area (Å²) in [5, 5.41) is 3.89. The first-order valence-corrected chi connectivity index (χ1v) is 7.04. The third-order valence-electron chi connectivity index (χ3n) is 3.45. The fraction of sp³-hybridized carbons (Fsp3) is 0.357. The van der Waals surface area contributed by atoms with Crippen LogP contribution in [0.1, 0.15) is 19.8 Å². The molecule has 0 saturated heterocycles. The Labute approximate surface area is 122 Å². The first kappa shape index (κ1) is 13.1. The Hall–Kier alpha value is -1.88. The molecule has 1 aromatic carbocycles. The van der Waals surface area contributed by atoms with Gasteiger partial charge in [-0.05, 0) is 37.8 Å². The maximum atomic E-state index is 6.17. The van der Waals surface area contributed by atoms with Crippen LogP contribution < -0.4 is 11.1 Å². The van der Waals surface area contributed by atoms with Gasteiger partial charge in [0.05, 0.1) is 5.02 Å². The van der Waals surface area contributed by atoms with Crippen molar-refractivity contribution in [3.8, 4) is 11.4 Å². The first-order valence-electron chi connectivity index (χ1n) is 6.66. The van der Waals surface area contributed by atoms with E-state index in [1.165, 1.54) is 12.8 Å². The number of halogens is 1. The largest absolute Gasteiger partial charge is 0.368 e. The van der Waals surface area contributed by atoms with E-state index in [4.69, 9.17) is 17.3 Å². The van der Waals surface area contributed by atoms with E-state index in [0.717, 1.165) is 5.56 Å². The Morgan fingerprint density at radius 2 is 2.00 bits per heavy atom. The van der Waals surface area contributed by atoms with Crippen LogP contribution in [0.3, 0.4) is 0 Å². The predicted molar refractivity (Wildman–Crippen MR) is 80.5 cm³/mol. The van der Waals surface area contributed by atoms with Crippen molar-refractivity contribution in [1.82, 2.24) is 15.0 Å². The highest BCUT2D eigenvalue weighted by atomic mass is 35.5. The minimum absolute atomic E-state index is 0.195. The van der Waals surface area contributed by atoms with Gasteiger partial charge in [0.1, 0.15) is 0 Å². The van der Waals surface area contributed by atoms with Gasteiger partial charge in [0.25, 0.3) is 0 Å². The smallest absolute Gasteiger partial charge is 0.228 e. The van der Waals surface area contributed by atoms with Gasteiger partial charge in [-0.25, -0.2) is 0 Å². The maximum absolute atomic E-state index is 6.17. The molecule has 0 aliphatic heterocycles. The molecule has 3 N–H and O–H groups in total. The topological polar surface area (TPSA) is 76.7 Å². The van der Waals surface area contributed by atoms with Crippen LogP contribution >= 0.6 is 11.6 Å². The molecule has 1 aromatic heterocycles. The van der Waals surface area contributed by atoms with Crippen LogP contribution in [0.5, 0.6) is 0 Å². The number of nitrogens with two attached hydrogens (primary N) is 1. The molecule has 20 heavy (non-hydrogen) atoms. The molecule has 104 valence electrons. The summed E-state index contributed by atoms with van der Waals surface area (Å²) in [6.45, 7) is 2.13. The molecule has 1 unspecified atom stereocenters. The van der Waals surface area contributed by atoms with Crippen molar-refractivity contribution < 1.29 is 0 Å². The maximum Gasteiger partial charge on any atom is 0.228 e. The van der Waals surface area contributed by atoms with Crippen molar-refractivity contribution >= 4 is 23.5 Å². The molecule has 0 bridgehead atoms. The predicted octanol–water partition coefficient (Wildman–Crippen LogP) is 2.98. The van der Waals surface area contributed by atoms with Crippen LogP contribution in [0.25, 0.3) is 11.4 Å². The molecule has 1 heterocycles. The van der Waals surface area contributed by atoms with Gasteiger partial charge in [-0.15, -0.1) is 0 Å². The van der Waals surface area contributed by atoms with Crippen LogP contribution in [0, 0.1) is 5.92 Å². The van der Waals surface area contributed by atoms with Gasteiger partial charge in [0.15, 0.2) is 5.82 Å². The van der Waals surface area contributed by atoms with Crippen molar-refractivity contribution in [2.75, 3.05) is 11.1 Å². The molecule has 0 radical (unpaired) electrons. The zero-order valence-electron chi connectivity index (χ0n) is 11.2. The van der Waals surface area contributed by atoms with Crippen LogP contribution in [0.2, 0.25) is 5.02 Å². The summed E-state index contributed by atoms with van der Waals surface area (Å²) >= 11 is 6.17. The molecular weight excluding hydrogens is 274 g/mol. The lowest BCUT2D eigenvalue weighted by molar-refractivity contribution is 0.686. The molecule has 1 atom stereocenters. The average Bonchev–Trinajstić information content (AvgIpc) is 3.22. The van der Waals surface area contributed by atoms with Crippen LogP contribution in [0.4, 0.5) is 11.9 Å². The zero-order chi connectivity index (χ0) is 14.1. The number of aromatic nitrogens is 3. The van der Waals surface area contributed by atoms with E-state index in [2.05, 4.69) is 27.2 Å². The van der Waals surface area contributed by atoms with Crippen molar-refractivity contribution in [3.05, 3.63) is 29.3 Å². The molecule has 0 spiro atoms. The number of nitrogens with one attached hydrogen (secondary N) is 1. The number of nitrogens with zero attached hydrogens (tertiary/aromatic N) is 3. The zero-order valence-corrected chi connectivity index (χ0v) is 11.9. The highest BCUT2D eigenvalue weighted by Gasteiger charge is 2.28. The molecule has 6 heteroatoms. The first-order chi connectivity index (χ1) is 9.63. The summed E-state index contributed by atoms with van der Waals surface area (Å²) < 4.78 is 0. The number of rotatable bonds is 4. The molecule has 1 fully saturated rings. The molecule has 0 amide bonds. The fourth-order valence-corrected chi connectivity index (χ4v) is 2.36. The molecule has 1 saturated carbocycles. The lowest BCUT2D eigenvalue weighted by Crippen LogP contribution is -2.20. The summed E-state index contributed by atoms with van der Waals surface area (Å²) in [6, 6.07) is 7.77. The van der Waals surface area contributed by atoms with Crippen molar-refractivity contribution in [1.29, 1.82) is 0 Å². The van der Waals surface area contributed by atoms with Gasteiger partial charge in [0, 0.05) is 11.6 Å². The molecule has 5 nitrogen and oxygen atoms in total. The highest BCUT2D eigenvalue weighted by molar-refractivity contribution is 6.33. The Balaban J connectivity index is 1.92. The summed E-state index contributed by atoms with van der Waals surface area (Å²) in [4.78, 5) is 12.7. The van der Waals surface area contributed by atoms with Gasteiger partial charge in [-0.3, -0.25) is 0 Å². The van der Waals surface area contributed by atoms with Gasteiger partial charge in [0.2, 0.25) is 11.9 Å². The van der Waals surface area contributed by atoms with Crippen molar-refractivity contribution in [2.24, 2.45) is 5.92 Å². The average molecular weight is 290 g/mol. The summed E-state index contributed by atoms with van der Waals surface area (Å²) in [5.41, 5.74) is 6.52. The second kappa shape index (κ2) is 5.25. The van der Waals surface area contributed by atoms with E-state index in [9.17, 15) is 0 Å². The Morgan fingerprint density at radius 1 is 1.25 bits per heavy atom. The van der Waals surface area contributed by atoms with E-state index in [0.29, 0.717) is 28.8 Å². The van der Waals surface area contributed by atoms with Crippen LogP contribution in [0.15, 0.2) is 24.3 Å². The van der Waals surface area contributed by atoms with Crippen molar-refractivity contribution in [2.45, 2.75) is 25.8 Å². The number of hydrogen-bond donors (Lipinski definition) is 2.